The van der Waals surface area contributed by atoms with Gasteiger partial charge in [0.05, 0.1) is 11.0 Å². The van der Waals surface area contributed by atoms with E-state index >= 15 is 0 Å². The Morgan fingerprint density at radius 2 is 1.69 bits per heavy atom. The van der Waals surface area contributed by atoms with Crippen molar-refractivity contribution in [2.75, 3.05) is 13.1 Å². The zero-order valence-electron chi connectivity index (χ0n) is 17.0. The summed E-state index contributed by atoms with van der Waals surface area (Å²) in [5.41, 5.74) is 3.82. The first kappa shape index (κ1) is 17.6. The summed E-state index contributed by atoms with van der Waals surface area (Å²) in [6, 6.07) is 6.91. The van der Waals surface area contributed by atoms with Crippen molar-refractivity contribution in [3.05, 3.63) is 29.6 Å². The van der Waals surface area contributed by atoms with Crippen LogP contribution in [0.1, 0.15) is 58.0 Å². The smallest absolute Gasteiger partial charge is 0.226 e. The summed E-state index contributed by atoms with van der Waals surface area (Å²) in [4.78, 5) is 19.9. The first-order valence-electron chi connectivity index (χ1n) is 9.88. The van der Waals surface area contributed by atoms with Gasteiger partial charge >= 0.3 is 0 Å². The van der Waals surface area contributed by atoms with E-state index in [2.05, 4.69) is 69.2 Å². The molecule has 1 saturated heterocycles. The van der Waals surface area contributed by atoms with Crippen molar-refractivity contribution in [3.63, 3.8) is 0 Å². The maximum Gasteiger partial charge on any atom is 0.226 e. The molecule has 0 atom stereocenters. The van der Waals surface area contributed by atoms with Crippen molar-refractivity contribution in [1.29, 1.82) is 0 Å². The van der Waals surface area contributed by atoms with Crippen molar-refractivity contribution < 1.29 is 4.79 Å². The van der Waals surface area contributed by atoms with E-state index in [1.165, 1.54) is 11.1 Å². The molecule has 1 aromatic heterocycles. The van der Waals surface area contributed by atoms with Gasteiger partial charge in [-0.25, -0.2) is 4.98 Å². The highest BCUT2D eigenvalue weighted by atomic mass is 16.2. The van der Waals surface area contributed by atoms with E-state index < -0.39 is 0 Å². The Labute approximate surface area is 156 Å². The molecule has 1 aliphatic heterocycles. The van der Waals surface area contributed by atoms with Crippen LogP contribution in [0.2, 0.25) is 0 Å². The number of fused-ring (bicyclic) bond motifs is 1. The number of rotatable bonds is 2. The molecule has 1 aromatic carbocycles. The fraction of sp³-hybridized carbons (Fsp3) is 0.636. The van der Waals surface area contributed by atoms with Gasteiger partial charge < -0.3 is 9.47 Å². The standard InChI is InChI=1S/C22H31N3O/c1-14-7-8-17-18(13-14)25(15(2)23-17)16-9-11-24(12-10-16)20(26)19-21(3,4)22(19,5)6/h7-8,13,16,19H,9-12H2,1-6H3. The minimum atomic E-state index is 0.121. The zero-order chi connectivity index (χ0) is 18.9. The van der Waals surface area contributed by atoms with Gasteiger partial charge in [-0.3, -0.25) is 4.79 Å². The number of aryl methyl sites for hydroxylation is 2. The number of amides is 1. The number of piperidine rings is 1. The summed E-state index contributed by atoms with van der Waals surface area (Å²) in [6.07, 6.45) is 2.03. The maximum absolute atomic E-state index is 13.0. The molecule has 2 fully saturated rings. The van der Waals surface area contributed by atoms with E-state index in [1.807, 2.05) is 0 Å². The van der Waals surface area contributed by atoms with Crippen LogP contribution in [-0.4, -0.2) is 33.4 Å². The van der Waals surface area contributed by atoms with Gasteiger partial charge in [0, 0.05) is 25.0 Å². The predicted octanol–water partition coefficient (Wildman–Crippen LogP) is 4.50. The zero-order valence-corrected chi connectivity index (χ0v) is 17.0. The van der Waals surface area contributed by atoms with Crippen LogP contribution in [0, 0.1) is 30.6 Å². The first-order chi connectivity index (χ1) is 12.1. The number of hydrogen-bond donors (Lipinski definition) is 0. The molecule has 0 radical (unpaired) electrons. The topological polar surface area (TPSA) is 38.1 Å². The largest absolute Gasteiger partial charge is 0.342 e. The van der Waals surface area contributed by atoms with Crippen LogP contribution in [0.15, 0.2) is 18.2 Å². The van der Waals surface area contributed by atoms with Gasteiger partial charge in [-0.15, -0.1) is 0 Å². The van der Waals surface area contributed by atoms with Gasteiger partial charge in [-0.2, -0.15) is 0 Å². The van der Waals surface area contributed by atoms with E-state index in [0.717, 1.165) is 37.3 Å². The molecule has 2 aromatic rings. The molecule has 1 amide bonds. The number of nitrogens with zero attached hydrogens (tertiary/aromatic N) is 3. The fourth-order valence-corrected chi connectivity index (χ4v) is 5.13. The lowest BCUT2D eigenvalue weighted by Crippen LogP contribution is -2.41. The highest BCUT2D eigenvalue weighted by Crippen LogP contribution is 2.68. The Bertz CT molecular complexity index is 855. The first-order valence-corrected chi connectivity index (χ1v) is 9.88. The molecule has 140 valence electrons. The van der Waals surface area contributed by atoms with Crippen molar-refractivity contribution >= 4 is 16.9 Å². The van der Waals surface area contributed by atoms with Crippen molar-refractivity contribution in [2.24, 2.45) is 16.7 Å². The fourth-order valence-electron chi connectivity index (χ4n) is 5.13. The van der Waals surface area contributed by atoms with Crippen molar-refractivity contribution in [1.82, 2.24) is 14.5 Å². The van der Waals surface area contributed by atoms with Gasteiger partial charge in [0.25, 0.3) is 0 Å². The molecular formula is C22H31N3O. The Morgan fingerprint density at radius 1 is 1.08 bits per heavy atom. The van der Waals surface area contributed by atoms with Gasteiger partial charge in [0.15, 0.2) is 0 Å². The predicted molar refractivity (Wildman–Crippen MR) is 105 cm³/mol. The third kappa shape index (κ3) is 2.41. The Balaban J connectivity index is 1.51. The van der Waals surface area contributed by atoms with Gasteiger partial charge in [-0.05, 0) is 55.2 Å². The molecule has 2 aliphatic rings. The average molecular weight is 354 g/mol. The van der Waals surface area contributed by atoms with E-state index in [0.29, 0.717) is 11.9 Å². The molecule has 1 saturated carbocycles. The molecule has 2 heterocycles. The lowest BCUT2D eigenvalue weighted by atomic mass is 10.0. The number of hydrogen-bond acceptors (Lipinski definition) is 2. The molecule has 4 rings (SSSR count). The number of aromatic nitrogens is 2. The van der Waals surface area contributed by atoms with E-state index in [-0.39, 0.29) is 16.7 Å². The molecule has 4 heteroatoms. The number of benzene rings is 1. The second kappa shape index (κ2) is 5.58. The van der Waals surface area contributed by atoms with Crippen LogP contribution in [0.5, 0.6) is 0 Å². The lowest BCUT2D eigenvalue weighted by molar-refractivity contribution is -0.135. The summed E-state index contributed by atoms with van der Waals surface area (Å²) in [7, 11) is 0. The minimum absolute atomic E-state index is 0.121. The summed E-state index contributed by atoms with van der Waals surface area (Å²) >= 11 is 0. The normalized spacial score (nSPS) is 22.8. The molecule has 1 aliphatic carbocycles. The van der Waals surface area contributed by atoms with Crippen molar-refractivity contribution in [2.45, 2.75) is 60.4 Å². The number of likely N-dealkylation sites (tertiary alicyclic amines) is 1. The monoisotopic (exact) mass is 353 g/mol. The summed E-state index contributed by atoms with van der Waals surface area (Å²) in [5.74, 6) is 1.62. The highest BCUT2D eigenvalue weighted by Gasteiger charge is 2.68. The Kier molecular flexibility index (Phi) is 3.77. The second-order valence-corrected chi connectivity index (χ2v) is 9.45. The van der Waals surface area contributed by atoms with Crippen LogP contribution in [-0.2, 0) is 4.79 Å². The van der Waals surface area contributed by atoms with Gasteiger partial charge in [0.1, 0.15) is 5.82 Å². The van der Waals surface area contributed by atoms with Gasteiger partial charge in [-0.1, -0.05) is 33.8 Å². The highest BCUT2D eigenvalue weighted by molar-refractivity contribution is 5.84. The van der Waals surface area contributed by atoms with Crippen LogP contribution in [0.25, 0.3) is 11.0 Å². The Morgan fingerprint density at radius 3 is 2.27 bits per heavy atom. The lowest BCUT2D eigenvalue weighted by Gasteiger charge is -2.34. The minimum Gasteiger partial charge on any atom is -0.342 e. The van der Waals surface area contributed by atoms with E-state index in [4.69, 9.17) is 4.98 Å². The number of carbonyl (C=O) groups excluding carboxylic acids is 1. The molecular weight excluding hydrogens is 322 g/mol. The summed E-state index contributed by atoms with van der Waals surface area (Å²) < 4.78 is 2.40. The molecule has 0 bridgehead atoms. The van der Waals surface area contributed by atoms with Crippen LogP contribution in [0.4, 0.5) is 0 Å². The number of imidazole rings is 1. The maximum atomic E-state index is 13.0. The van der Waals surface area contributed by atoms with Gasteiger partial charge in [0.2, 0.25) is 5.91 Å². The molecule has 0 unspecified atom stereocenters. The van der Waals surface area contributed by atoms with Crippen LogP contribution >= 0.6 is 0 Å². The molecule has 0 spiro atoms. The molecule has 26 heavy (non-hydrogen) atoms. The van der Waals surface area contributed by atoms with Crippen molar-refractivity contribution in [3.8, 4) is 0 Å². The number of carbonyl (C=O) groups is 1. The van der Waals surface area contributed by atoms with Crippen LogP contribution in [0.3, 0.4) is 0 Å². The van der Waals surface area contributed by atoms with E-state index in [9.17, 15) is 4.79 Å². The second-order valence-electron chi connectivity index (χ2n) is 9.45. The SMILES string of the molecule is Cc1ccc2nc(C)n(C3CCN(C(=O)C4C(C)(C)C4(C)C)CC3)c2c1. The van der Waals surface area contributed by atoms with E-state index in [1.54, 1.807) is 0 Å². The summed E-state index contributed by atoms with van der Waals surface area (Å²) in [5, 5.41) is 0. The van der Waals surface area contributed by atoms with Crippen LogP contribution < -0.4 is 0 Å². The third-order valence-electron chi connectivity index (χ3n) is 7.43. The average Bonchev–Trinajstić information content (AvgIpc) is 2.83. The quantitative estimate of drug-likeness (QED) is 0.797. The summed E-state index contributed by atoms with van der Waals surface area (Å²) in [6.45, 7) is 14.9. The Hall–Kier alpha value is -1.84. The molecule has 4 nitrogen and oxygen atoms in total. The third-order valence-corrected chi connectivity index (χ3v) is 7.43. The molecule has 0 N–H and O–H groups in total.